The maximum atomic E-state index is 4.78. The van der Waals surface area contributed by atoms with Gasteiger partial charge in [0.25, 0.3) is 0 Å². The van der Waals surface area contributed by atoms with E-state index in [0.717, 1.165) is 10.2 Å². The Kier molecular flexibility index (Phi) is 3.70. The molecule has 0 spiro atoms. The molecule has 0 bridgehead atoms. The lowest BCUT2D eigenvalue weighted by atomic mass is 9.59. The van der Waals surface area contributed by atoms with Crippen molar-refractivity contribution in [1.29, 1.82) is 0 Å². The Morgan fingerprint density at radius 1 is 0.769 bits per heavy atom. The highest BCUT2D eigenvalue weighted by atomic mass is 79.9. The molecule has 0 saturated heterocycles. The molecule has 0 unspecified atom stereocenters. The van der Waals surface area contributed by atoms with E-state index in [1.54, 1.807) is 0 Å². The molecule has 0 N–H and O–H groups in total. The van der Waals surface area contributed by atoms with Crippen LogP contribution < -0.4 is 0 Å². The van der Waals surface area contributed by atoms with Crippen LogP contribution in [-0.4, -0.2) is 4.98 Å². The van der Waals surface area contributed by atoms with Crippen LogP contribution in [0.25, 0.3) is 22.0 Å². The highest BCUT2D eigenvalue weighted by Crippen LogP contribution is 2.61. The number of nitrogens with zero attached hydrogens (tertiary/aromatic N) is 1. The Hall–Kier alpha value is -1.67. The molecule has 2 aromatic carbocycles. The van der Waals surface area contributed by atoms with Gasteiger partial charge in [-0.05, 0) is 54.8 Å². The van der Waals surface area contributed by atoms with Crippen molar-refractivity contribution in [3.05, 3.63) is 64.3 Å². The van der Waals surface area contributed by atoms with Gasteiger partial charge in [-0.2, -0.15) is 0 Å². The summed E-state index contributed by atoms with van der Waals surface area (Å²) in [5, 5.41) is 2.40. The Morgan fingerprint density at radius 2 is 1.38 bits per heavy atom. The molecule has 26 heavy (non-hydrogen) atoms. The highest BCUT2D eigenvalue weighted by Gasteiger charge is 2.56. The Morgan fingerprint density at radius 3 is 2.08 bits per heavy atom. The van der Waals surface area contributed by atoms with Crippen molar-refractivity contribution in [3.63, 3.8) is 0 Å². The third kappa shape index (κ3) is 2.11. The van der Waals surface area contributed by atoms with Crippen LogP contribution in [0.4, 0.5) is 0 Å². The van der Waals surface area contributed by atoms with Crippen molar-refractivity contribution >= 4 is 26.7 Å². The number of hydrogen-bond donors (Lipinski definition) is 0. The minimum Gasteiger partial charge on any atom is -0.254 e. The van der Waals surface area contributed by atoms with Crippen molar-refractivity contribution in [2.75, 3.05) is 0 Å². The van der Waals surface area contributed by atoms with E-state index < -0.39 is 0 Å². The summed E-state index contributed by atoms with van der Waals surface area (Å²) >= 11 is 3.64. The summed E-state index contributed by atoms with van der Waals surface area (Å²) in [5.41, 5.74) is 5.61. The molecule has 1 aliphatic carbocycles. The summed E-state index contributed by atoms with van der Waals surface area (Å²) < 4.78 is 1.04. The zero-order valence-corrected chi connectivity index (χ0v) is 18.0. The summed E-state index contributed by atoms with van der Waals surface area (Å²) in [5.74, 6) is 0. The van der Waals surface area contributed by atoms with Crippen molar-refractivity contribution in [2.45, 2.75) is 52.4 Å². The lowest BCUT2D eigenvalue weighted by Crippen LogP contribution is -2.42. The zero-order valence-electron chi connectivity index (χ0n) is 16.4. The Balaban J connectivity index is 1.98. The molecule has 0 fully saturated rings. The van der Waals surface area contributed by atoms with Gasteiger partial charge in [-0.25, -0.2) is 0 Å². The van der Waals surface area contributed by atoms with E-state index in [0.29, 0.717) is 0 Å². The zero-order chi connectivity index (χ0) is 18.9. The lowest BCUT2D eigenvalue weighted by molar-refractivity contribution is 0.125. The number of benzene rings is 2. The first-order valence-corrected chi connectivity index (χ1v) is 10.1. The second-order valence-corrected chi connectivity index (χ2v) is 9.99. The molecular formula is C24H26BrN. The first-order chi connectivity index (χ1) is 12.1. The molecule has 0 aliphatic heterocycles. The quantitative estimate of drug-likeness (QED) is 0.413. The second-order valence-electron chi connectivity index (χ2n) is 9.14. The minimum atomic E-state index is 0.104. The second kappa shape index (κ2) is 5.42. The largest absolute Gasteiger partial charge is 0.254 e. The predicted octanol–water partition coefficient (Wildman–Crippen LogP) is 7.26. The first-order valence-electron chi connectivity index (χ1n) is 9.27. The van der Waals surface area contributed by atoms with Crippen LogP contribution in [-0.2, 0) is 10.8 Å². The van der Waals surface area contributed by atoms with Gasteiger partial charge in [0.05, 0.1) is 5.69 Å². The molecule has 0 atom stereocenters. The molecule has 1 heterocycles. The van der Waals surface area contributed by atoms with E-state index in [1.165, 1.54) is 27.5 Å². The average molecular weight is 408 g/mol. The number of fused-ring (bicyclic) bond motifs is 2. The van der Waals surface area contributed by atoms with Crippen LogP contribution >= 0.6 is 15.9 Å². The van der Waals surface area contributed by atoms with Gasteiger partial charge in [-0.15, -0.1) is 0 Å². The molecule has 1 aromatic heterocycles. The third-order valence-electron chi connectivity index (χ3n) is 7.51. The SMILES string of the molecule is CC1(C)c2ccc(-c3ncc(Br)c4ccccc34)cc2C(C)(C)C1(C)C. The molecule has 2 heteroatoms. The fourth-order valence-electron chi connectivity index (χ4n) is 4.60. The first kappa shape index (κ1) is 17.7. The predicted molar refractivity (Wildman–Crippen MR) is 115 cm³/mol. The van der Waals surface area contributed by atoms with E-state index in [1.807, 2.05) is 6.20 Å². The van der Waals surface area contributed by atoms with Gasteiger partial charge in [-0.3, -0.25) is 4.98 Å². The fourth-order valence-corrected chi connectivity index (χ4v) is 5.04. The summed E-state index contributed by atoms with van der Waals surface area (Å²) in [6.45, 7) is 14.3. The van der Waals surface area contributed by atoms with Crippen molar-refractivity contribution in [3.8, 4) is 11.3 Å². The number of halogens is 1. The molecular weight excluding hydrogens is 382 g/mol. The van der Waals surface area contributed by atoms with E-state index >= 15 is 0 Å². The number of hydrogen-bond acceptors (Lipinski definition) is 1. The number of rotatable bonds is 1. The van der Waals surface area contributed by atoms with E-state index in [2.05, 4.69) is 99.9 Å². The smallest absolute Gasteiger partial charge is 0.0781 e. The van der Waals surface area contributed by atoms with Gasteiger partial charge in [0.1, 0.15) is 0 Å². The summed E-state index contributed by atoms with van der Waals surface area (Å²) in [4.78, 5) is 4.78. The van der Waals surface area contributed by atoms with Crippen LogP contribution in [0.3, 0.4) is 0 Å². The maximum absolute atomic E-state index is 4.78. The monoisotopic (exact) mass is 407 g/mol. The fraction of sp³-hybridized carbons (Fsp3) is 0.375. The van der Waals surface area contributed by atoms with Crippen molar-refractivity contribution in [2.24, 2.45) is 5.41 Å². The molecule has 4 rings (SSSR count). The minimum absolute atomic E-state index is 0.104. The van der Waals surface area contributed by atoms with Crippen LogP contribution in [0.5, 0.6) is 0 Å². The van der Waals surface area contributed by atoms with Crippen molar-refractivity contribution in [1.82, 2.24) is 4.98 Å². The van der Waals surface area contributed by atoms with Gasteiger partial charge >= 0.3 is 0 Å². The molecule has 3 aromatic rings. The number of pyridine rings is 1. The molecule has 0 saturated carbocycles. The maximum Gasteiger partial charge on any atom is 0.0781 e. The van der Waals surface area contributed by atoms with E-state index in [9.17, 15) is 0 Å². The number of aromatic nitrogens is 1. The van der Waals surface area contributed by atoms with E-state index in [4.69, 9.17) is 4.98 Å². The standard InChI is InChI=1S/C24H26BrN/c1-22(2)18-12-11-15(13-19(18)23(3,4)24(22,5)6)21-17-10-8-7-9-16(17)20(25)14-26-21/h7-14H,1-6H3. The highest BCUT2D eigenvalue weighted by molar-refractivity contribution is 9.10. The Bertz CT molecular complexity index is 1030. The molecule has 0 radical (unpaired) electrons. The van der Waals surface area contributed by atoms with Crippen LogP contribution in [0.1, 0.15) is 52.7 Å². The normalized spacial score (nSPS) is 19.5. The lowest BCUT2D eigenvalue weighted by Gasteiger charge is -2.44. The molecule has 1 aliphatic rings. The van der Waals surface area contributed by atoms with E-state index in [-0.39, 0.29) is 16.2 Å². The topological polar surface area (TPSA) is 12.9 Å². The van der Waals surface area contributed by atoms with Crippen molar-refractivity contribution < 1.29 is 0 Å². The molecule has 1 nitrogen and oxygen atoms in total. The van der Waals surface area contributed by atoms with Crippen LogP contribution in [0, 0.1) is 5.41 Å². The van der Waals surface area contributed by atoms with Gasteiger partial charge in [0.15, 0.2) is 0 Å². The summed E-state index contributed by atoms with van der Waals surface area (Å²) in [7, 11) is 0. The molecule has 134 valence electrons. The summed E-state index contributed by atoms with van der Waals surface area (Å²) in [6, 6.07) is 15.4. The third-order valence-corrected chi connectivity index (χ3v) is 8.14. The van der Waals surface area contributed by atoms with Gasteiger partial charge < -0.3 is 0 Å². The van der Waals surface area contributed by atoms with Crippen LogP contribution in [0.2, 0.25) is 0 Å². The Labute approximate surface area is 165 Å². The average Bonchev–Trinajstić information content (AvgIpc) is 2.71. The molecule has 0 amide bonds. The summed E-state index contributed by atoms with van der Waals surface area (Å²) in [6.07, 6.45) is 1.92. The van der Waals surface area contributed by atoms with Gasteiger partial charge in [0.2, 0.25) is 0 Å². The van der Waals surface area contributed by atoms with Gasteiger partial charge in [-0.1, -0.05) is 77.9 Å². The van der Waals surface area contributed by atoms with Crippen LogP contribution in [0.15, 0.2) is 53.1 Å². The van der Waals surface area contributed by atoms with Gasteiger partial charge in [0, 0.05) is 21.6 Å².